The first-order valence-electron chi connectivity index (χ1n) is 9.80. The van der Waals surface area contributed by atoms with Crippen LogP contribution in [0.2, 0.25) is 0 Å². The highest BCUT2D eigenvalue weighted by atomic mass is 16.3. The van der Waals surface area contributed by atoms with Crippen LogP contribution >= 0.6 is 0 Å². The van der Waals surface area contributed by atoms with Crippen molar-refractivity contribution in [3.05, 3.63) is 88.5 Å². The van der Waals surface area contributed by atoms with Gasteiger partial charge in [-0.15, -0.1) is 10.2 Å². The number of phenols is 1. The number of fused-ring (bicyclic) bond motifs is 2. The molecule has 156 valence electrons. The summed E-state index contributed by atoms with van der Waals surface area (Å²) >= 11 is 0. The second kappa shape index (κ2) is 9.13. The number of benzene rings is 3. The van der Waals surface area contributed by atoms with Crippen LogP contribution in [0.5, 0.6) is 5.75 Å². The lowest BCUT2D eigenvalue weighted by atomic mass is 9.83. The molecular weight excluding hydrogens is 394 g/mol. The first-order chi connectivity index (χ1) is 15.0. The molecule has 7 nitrogen and oxygen atoms in total. The molecule has 2 N–H and O–H groups in total. The van der Waals surface area contributed by atoms with Crippen molar-refractivity contribution < 1.29 is 19.5 Å². The van der Waals surface area contributed by atoms with Gasteiger partial charge in [-0.1, -0.05) is 56.3 Å². The van der Waals surface area contributed by atoms with Crippen LogP contribution in [0.4, 0.5) is 11.4 Å². The van der Waals surface area contributed by atoms with Gasteiger partial charge in [-0.2, -0.15) is 0 Å². The Morgan fingerprint density at radius 3 is 2.00 bits per heavy atom. The molecule has 1 aliphatic rings. The van der Waals surface area contributed by atoms with Gasteiger partial charge in [0.25, 0.3) is 5.91 Å². The maximum atomic E-state index is 13.0. The minimum absolute atomic E-state index is 0.0548. The fourth-order valence-corrected chi connectivity index (χ4v) is 3.25. The quantitative estimate of drug-likeness (QED) is 0.461. The molecule has 0 aliphatic heterocycles. The Labute approximate surface area is 179 Å². The summed E-state index contributed by atoms with van der Waals surface area (Å²) in [5.74, 6) is -1.35. The third-order valence-corrected chi connectivity index (χ3v) is 4.68. The lowest BCUT2D eigenvalue weighted by molar-refractivity contribution is 0.0959. The molecule has 0 atom stereocenters. The van der Waals surface area contributed by atoms with E-state index in [-0.39, 0.29) is 45.4 Å². The minimum atomic E-state index is -0.464. The maximum absolute atomic E-state index is 13.0. The maximum Gasteiger partial charge on any atom is 0.254 e. The van der Waals surface area contributed by atoms with Gasteiger partial charge < -0.3 is 10.4 Å². The molecule has 7 heteroatoms. The zero-order valence-corrected chi connectivity index (χ0v) is 17.3. The van der Waals surface area contributed by atoms with Crippen molar-refractivity contribution in [3.63, 3.8) is 0 Å². The Morgan fingerprint density at radius 1 is 0.774 bits per heavy atom. The normalized spacial score (nSPS) is 12.0. The lowest BCUT2D eigenvalue weighted by Crippen LogP contribution is -2.20. The SMILES string of the molecule is CC.CNC(=O)c1cccc(N=Nc2cccc3c2C(=O)c2ccccc2C3=O)c1O. The van der Waals surface area contributed by atoms with Crippen LogP contribution < -0.4 is 5.32 Å². The van der Waals surface area contributed by atoms with Gasteiger partial charge in [0.05, 0.1) is 16.8 Å². The van der Waals surface area contributed by atoms with Crippen LogP contribution in [0, 0.1) is 0 Å². The van der Waals surface area contributed by atoms with Gasteiger partial charge in [0.2, 0.25) is 0 Å². The van der Waals surface area contributed by atoms with Gasteiger partial charge in [0.1, 0.15) is 5.69 Å². The van der Waals surface area contributed by atoms with Crippen molar-refractivity contribution in [2.24, 2.45) is 10.2 Å². The molecule has 0 spiro atoms. The number of rotatable bonds is 3. The monoisotopic (exact) mass is 415 g/mol. The topological polar surface area (TPSA) is 108 Å². The van der Waals surface area contributed by atoms with E-state index in [2.05, 4.69) is 15.5 Å². The summed E-state index contributed by atoms with van der Waals surface area (Å²) in [6.45, 7) is 4.00. The third-order valence-electron chi connectivity index (χ3n) is 4.68. The van der Waals surface area contributed by atoms with E-state index in [9.17, 15) is 19.5 Å². The Bertz CT molecular complexity index is 1220. The molecule has 1 amide bonds. The average molecular weight is 415 g/mol. The summed E-state index contributed by atoms with van der Waals surface area (Å²) in [7, 11) is 1.45. The molecule has 3 aromatic carbocycles. The largest absolute Gasteiger partial charge is 0.505 e. The van der Waals surface area contributed by atoms with Crippen molar-refractivity contribution in [1.82, 2.24) is 5.32 Å². The standard InChI is InChI=1S/C22H15N3O4.C2H6/c1-23-22(29)15-9-5-11-17(20(15)27)25-24-16-10-4-8-14-18(16)21(28)13-7-3-2-6-12(13)19(14)26;1-2/h2-11,27H,1H3,(H,23,29);1-2H3. The Kier molecular flexibility index (Phi) is 6.35. The van der Waals surface area contributed by atoms with E-state index < -0.39 is 5.91 Å². The average Bonchev–Trinajstić information content (AvgIpc) is 2.82. The van der Waals surface area contributed by atoms with E-state index in [0.717, 1.165) is 0 Å². The molecule has 0 radical (unpaired) electrons. The number of amides is 1. The number of nitrogens with one attached hydrogen (secondary N) is 1. The van der Waals surface area contributed by atoms with Crippen LogP contribution in [0.15, 0.2) is 70.9 Å². The van der Waals surface area contributed by atoms with Crippen molar-refractivity contribution >= 4 is 28.8 Å². The molecule has 0 saturated heterocycles. The molecule has 0 fully saturated rings. The zero-order valence-electron chi connectivity index (χ0n) is 17.3. The smallest absolute Gasteiger partial charge is 0.254 e. The van der Waals surface area contributed by atoms with Gasteiger partial charge in [-0.25, -0.2) is 0 Å². The molecule has 0 bridgehead atoms. The van der Waals surface area contributed by atoms with Gasteiger partial charge >= 0.3 is 0 Å². The Hall–Kier alpha value is -4.13. The van der Waals surface area contributed by atoms with Gasteiger partial charge in [0.15, 0.2) is 17.3 Å². The van der Waals surface area contributed by atoms with E-state index in [0.29, 0.717) is 11.1 Å². The van der Waals surface area contributed by atoms with E-state index in [4.69, 9.17) is 0 Å². The first-order valence-corrected chi connectivity index (χ1v) is 9.80. The Balaban J connectivity index is 0.00000132. The molecule has 0 aromatic heterocycles. The summed E-state index contributed by atoms with van der Waals surface area (Å²) in [6, 6.07) is 15.9. The summed E-state index contributed by atoms with van der Waals surface area (Å²) < 4.78 is 0. The van der Waals surface area contributed by atoms with Crippen molar-refractivity contribution in [2.45, 2.75) is 13.8 Å². The molecule has 0 saturated carbocycles. The molecule has 31 heavy (non-hydrogen) atoms. The highest BCUT2D eigenvalue weighted by Crippen LogP contribution is 2.36. The minimum Gasteiger partial charge on any atom is -0.505 e. The zero-order chi connectivity index (χ0) is 22.5. The van der Waals surface area contributed by atoms with Crippen LogP contribution in [0.1, 0.15) is 56.0 Å². The molecule has 0 unspecified atom stereocenters. The molecule has 1 aliphatic carbocycles. The molecular formula is C24H21N3O4. The fraction of sp³-hybridized carbons (Fsp3) is 0.125. The first kappa shape index (κ1) is 21.6. The fourth-order valence-electron chi connectivity index (χ4n) is 3.25. The summed E-state index contributed by atoms with van der Waals surface area (Å²) in [5.41, 5.74) is 1.43. The molecule has 0 heterocycles. The van der Waals surface area contributed by atoms with Crippen LogP contribution in [-0.4, -0.2) is 29.6 Å². The van der Waals surface area contributed by atoms with E-state index in [1.54, 1.807) is 48.5 Å². The van der Waals surface area contributed by atoms with Crippen LogP contribution in [-0.2, 0) is 0 Å². The number of hydrogen-bond acceptors (Lipinski definition) is 6. The number of aromatic hydroxyl groups is 1. The van der Waals surface area contributed by atoms with E-state index >= 15 is 0 Å². The second-order valence-corrected chi connectivity index (χ2v) is 6.36. The van der Waals surface area contributed by atoms with Crippen LogP contribution in [0.3, 0.4) is 0 Å². The van der Waals surface area contributed by atoms with Gasteiger partial charge in [-0.3, -0.25) is 14.4 Å². The Morgan fingerprint density at radius 2 is 1.32 bits per heavy atom. The number of carbonyl (C=O) groups is 3. The number of phenolic OH excluding ortho intramolecular Hbond substituents is 1. The highest BCUT2D eigenvalue weighted by molar-refractivity contribution is 6.29. The second-order valence-electron chi connectivity index (χ2n) is 6.36. The van der Waals surface area contributed by atoms with Gasteiger partial charge in [-0.05, 0) is 18.2 Å². The highest BCUT2D eigenvalue weighted by Gasteiger charge is 2.31. The third kappa shape index (κ3) is 3.85. The van der Waals surface area contributed by atoms with Crippen molar-refractivity contribution in [1.29, 1.82) is 0 Å². The predicted molar refractivity (Wildman–Crippen MR) is 117 cm³/mol. The van der Waals surface area contributed by atoms with Gasteiger partial charge in [0, 0.05) is 23.7 Å². The van der Waals surface area contributed by atoms with Crippen LogP contribution in [0.25, 0.3) is 0 Å². The van der Waals surface area contributed by atoms with Crippen molar-refractivity contribution in [2.75, 3.05) is 7.05 Å². The molecule has 3 aromatic rings. The van der Waals surface area contributed by atoms with Crippen molar-refractivity contribution in [3.8, 4) is 5.75 Å². The predicted octanol–water partition coefficient (Wildman–Crippen LogP) is 4.97. The summed E-state index contributed by atoms with van der Waals surface area (Å²) in [6.07, 6.45) is 0. The number of para-hydroxylation sites is 1. The summed E-state index contributed by atoms with van der Waals surface area (Å²) in [5, 5.41) is 20.8. The number of nitrogens with zero attached hydrogens (tertiary/aromatic N) is 2. The van der Waals surface area contributed by atoms with E-state index in [1.165, 1.54) is 19.2 Å². The summed E-state index contributed by atoms with van der Waals surface area (Å²) in [4.78, 5) is 37.6. The number of azo groups is 1. The number of ketones is 2. The number of hydrogen-bond donors (Lipinski definition) is 2. The molecule has 4 rings (SSSR count). The lowest BCUT2D eigenvalue weighted by Gasteiger charge is -2.18. The number of carbonyl (C=O) groups excluding carboxylic acids is 3. The van der Waals surface area contributed by atoms with E-state index in [1.807, 2.05) is 13.8 Å².